The molecule has 0 aliphatic carbocycles. The molecule has 0 heterocycles. The zero-order chi connectivity index (χ0) is 14.1. The molecule has 2 aromatic carbocycles. The van der Waals surface area contributed by atoms with Crippen molar-refractivity contribution in [3.63, 3.8) is 0 Å². The van der Waals surface area contributed by atoms with Gasteiger partial charge in [-0.1, -0.05) is 48.5 Å². The first-order valence-corrected chi connectivity index (χ1v) is 5.53. The molecule has 108 valence electrons. The van der Waals surface area contributed by atoms with Crippen LogP contribution in [0.25, 0.3) is 0 Å². The zero-order valence-corrected chi connectivity index (χ0v) is 11.0. The lowest BCUT2D eigenvalue weighted by Crippen LogP contribution is -2.36. The topological polar surface area (TPSA) is 26.0 Å². The van der Waals surface area contributed by atoms with Crippen LogP contribution >= 0.6 is 12.4 Å². The Morgan fingerprint density at radius 1 is 0.700 bits per heavy atom. The first kappa shape index (κ1) is 16.3. The van der Waals surface area contributed by atoms with Crippen molar-refractivity contribution >= 4 is 18.1 Å². The molecule has 0 spiro atoms. The van der Waals surface area contributed by atoms with Gasteiger partial charge in [0.25, 0.3) is 0 Å². The van der Waals surface area contributed by atoms with E-state index < -0.39 is 23.0 Å². The monoisotopic (exact) mass is 305 g/mol. The van der Waals surface area contributed by atoms with Gasteiger partial charge in [0.2, 0.25) is 0 Å². The SMILES string of the molecule is Cl.Nc1ccccc1C(F)(F)C(F)(F)c1ccccc1. The average Bonchev–Trinajstić information content (AvgIpc) is 2.40. The predicted molar refractivity (Wildman–Crippen MR) is 72.3 cm³/mol. The van der Waals surface area contributed by atoms with Gasteiger partial charge in [0.15, 0.2) is 0 Å². The maximum atomic E-state index is 14.1. The van der Waals surface area contributed by atoms with Gasteiger partial charge < -0.3 is 5.73 Å². The second-order valence-corrected chi connectivity index (χ2v) is 4.10. The average molecular weight is 306 g/mol. The Morgan fingerprint density at radius 2 is 1.20 bits per heavy atom. The van der Waals surface area contributed by atoms with Gasteiger partial charge >= 0.3 is 11.8 Å². The van der Waals surface area contributed by atoms with E-state index in [1.165, 1.54) is 36.4 Å². The summed E-state index contributed by atoms with van der Waals surface area (Å²) in [4.78, 5) is 0. The Bertz CT molecular complexity index is 572. The van der Waals surface area contributed by atoms with Crippen molar-refractivity contribution in [1.82, 2.24) is 0 Å². The van der Waals surface area contributed by atoms with E-state index in [1.807, 2.05) is 0 Å². The molecule has 0 atom stereocenters. The molecule has 2 rings (SSSR count). The number of nitrogens with two attached hydrogens (primary N) is 1. The van der Waals surface area contributed by atoms with Crippen LogP contribution in [0.4, 0.5) is 23.2 Å². The lowest BCUT2D eigenvalue weighted by atomic mass is 9.95. The number of hydrogen-bond acceptors (Lipinski definition) is 1. The van der Waals surface area contributed by atoms with Crippen LogP contribution in [0.3, 0.4) is 0 Å². The van der Waals surface area contributed by atoms with Crippen LogP contribution in [-0.2, 0) is 11.8 Å². The van der Waals surface area contributed by atoms with E-state index in [2.05, 4.69) is 0 Å². The Hall–Kier alpha value is -1.75. The molecule has 20 heavy (non-hydrogen) atoms. The highest BCUT2D eigenvalue weighted by Gasteiger charge is 2.59. The van der Waals surface area contributed by atoms with Crippen LogP contribution in [0.15, 0.2) is 54.6 Å². The third kappa shape index (κ3) is 2.58. The van der Waals surface area contributed by atoms with Crippen molar-refractivity contribution in [3.05, 3.63) is 65.7 Å². The van der Waals surface area contributed by atoms with Crippen LogP contribution in [-0.4, -0.2) is 0 Å². The highest BCUT2D eigenvalue weighted by molar-refractivity contribution is 5.85. The quantitative estimate of drug-likeness (QED) is 0.652. The zero-order valence-electron chi connectivity index (χ0n) is 10.2. The van der Waals surface area contributed by atoms with Crippen molar-refractivity contribution in [3.8, 4) is 0 Å². The van der Waals surface area contributed by atoms with Gasteiger partial charge in [0.1, 0.15) is 0 Å². The highest BCUT2D eigenvalue weighted by Crippen LogP contribution is 2.50. The molecule has 0 fully saturated rings. The largest absolute Gasteiger partial charge is 0.398 e. The van der Waals surface area contributed by atoms with Gasteiger partial charge in [-0.05, 0) is 6.07 Å². The molecule has 0 aliphatic rings. The molecule has 6 heteroatoms. The number of benzene rings is 2. The van der Waals surface area contributed by atoms with E-state index in [1.54, 1.807) is 0 Å². The van der Waals surface area contributed by atoms with Crippen molar-refractivity contribution in [2.75, 3.05) is 5.73 Å². The molecule has 0 aliphatic heterocycles. The lowest BCUT2D eigenvalue weighted by Gasteiger charge is -2.28. The molecule has 0 saturated carbocycles. The third-order valence-electron chi connectivity index (χ3n) is 2.83. The summed E-state index contributed by atoms with van der Waals surface area (Å²) in [5.41, 5.74) is 3.39. The van der Waals surface area contributed by atoms with E-state index in [0.717, 1.165) is 18.2 Å². The molecular weight excluding hydrogens is 294 g/mol. The van der Waals surface area contributed by atoms with E-state index in [9.17, 15) is 17.6 Å². The number of alkyl halides is 4. The van der Waals surface area contributed by atoms with Crippen LogP contribution in [0.5, 0.6) is 0 Å². The van der Waals surface area contributed by atoms with Crippen molar-refractivity contribution < 1.29 is 17.6 Å². The lowest BCUT2D eigenvalue weighted by molar-refractivity contribution is -0.223. The minimum absolute atomic E-state index is 0. The summed E-state index contributed by atoms with van der Waals surface area (Å²) in [7, 11) is 0. The smallest absolute Gasteiger partial charge is 0.341 e. The Morgan fingerprint density at radius 3 is 1.75 bits per heavy atom. The summed E-state index contributed by atoms with van der Waals surface area (Å²) in [5, 5.41) is 0. The predicted octanol–water partition coefficient (Wildman–Crippen LogP) is 4.57. The number of hydrogen-bond donors (Lipinski definition) is 1. The van der Waals surface area contributed by atoms with Crippen LogP contribution in [0, 0.1) is 0 Å². The first-order valence-electron chi connectivity index (χ1n) is 5.53. The molecule has 0 amide bonds. The fourth-order valence-corrected chi connectivity index (χ4v) is 1.78. The molecule has 1 nitrogen and oxygen atoms in total. The standard InChI is InChI=1S/C14H11F4N.ClH/c15-13(16,10-6-2-1-3-7-10)14(17,18)11-8-4-5-9-12(11)19;/h1-9H,19H2;1H. The normalized spacial score (nSPS) is 11.8. The van der Waals surface area contributed by atoms with Gasteiger partial charge in [-0.2, -0.15) is 17.6 Å². The number of nitrogen functional groups attached to an aromatic ring is 1. The van der Waals surface area contributed by atoms with Crippen LogP contribution in [0.2, 0.25) is 0 Å². The maximum Gasteiger partial charge on any atom is 0.341 e. The third-order valence-corrected chi connectivity index (χ3v) is 2.83. The van der Waals surface area contributed by atoms with Gasteiger partial charge in [-0.3, -0.25) is 0 Å². The second-order valence-electron chi connectivity index (χ2n) is 4.10. The fourth-order valence-electron chi connectivity index (χ4n) is 1.78. The molecule has 0 saturated heterocycles. The molecule has 2 aromatic rings. The minimum Gasteiger partial charge on any atom is -0.398 e. The van der Waals surface area contributed by atoms with E-state index >= 15 is 0 Å². The van der Waals surface area contributed by atoms with Crippen molar-refractivity contribution in [2.45, 2.75) is 11.8 Å². The Kier molecular flexibility index (Phi) is 4.65. The number of rotatable bonds is 3. The van der Waals surface area contributed by atoms with Gasteiger partial charge in [0.05, 0.1) is 5.56 Å². The van der Waals surface area contributed by atoms with Crippen molar-refractivity contribution in [2.24, 2.45) is 0 Å². The fraction of sp³-hybridized carbons (Fsp3) is 0.143. The number of halogens is 5. The van der Waals surface area contributed by atoms with Gasteiger partial charge in [0, 0.05) is 11.3 Å². The Balaban J connectivity index is 0.00000200. The molecule has 0 aromatic heterocycles. The Labute approximate surface area is 119 Å². The summed E-state index contributed by atoms with van der Waals surface area (Å²) in [6, 6.07) is 10.7. The van der Waals surface area contributed by atoms with Crippen LogP contribution in [0.1, 0.15) is 11.1 Å². The molecule has 0 radical (unpaired) electrons. The summed E-state index contributed by atoms with van der Waals surface area (Å²) >= 11 is 0. The highest BCUT2D eigenvalue weighted by atomic mass is 35.5. The van der Waals surface area contributed by atoms with E-state index in [-0.39, 0.29) is 18.1 Å². The molecule has 2 N–H and O–H groups in total. The second kappa shape index (κ2) is 5.71. The molecule has 0 bridgehead atoms. The molecule has 0 unspecified atom stereocenters. The number of para-hydroxylation sites is 1. The van der Waals surface area contributed by atoms with E-state index in [0.29, 0.717) is 0 Å². The summed E-state index contributed by atoms with van der Waals surface area (Å²) in [5.74, 6) is -8.70. The number of anilines is 1. The van der Waals surface area contributed by atoms with Gasteiger partial charge in [-0.15, -0.1) is 12.4 Å². The van der Waals surface area contributed by atoms with Crippen LogP contribution < -0.4 is 5.73 Å². The minimum atomic E-state index is -4.38. The van der Waals surface area contributed by atoms with E-state index in [4.69, 9.17) is 5.73 Å². The summed E-state index contributed by atoms with van der Waals surface area (Å²) in [6.07, 6.45) is 0. The summed E-state index contributed by atoms with van der Waals surface area (Å²) < 4.78 is 56.1. The maximum absolute atomic E-state index is 14.1. The molecular formula is C14H12ClF4N. The first-order chi connectivity index (χ1) is 8.87. The van der Waals surface area contributed by atoms with Gasteiger partial charge in [-0.25, -0.2) is 0 Å². The summed E-state index contributed by atoms with van der Waals surface area (Å²) in [6.45, 7) is 0. The van der Waals surface area contributed by atoms with Crippen molar-refractivity contribution in [1.29, 1.82) is 0 Å².